The summed E-state index contributed by atoms with van der Waals surface area (Å²) in [6.45, 7) is 1.82. The second kappa shape index (κ2) is 2.68. The van der Waals surface area contributed by atoms with E-state index in [0.29, 0.717) is 19.8 Å². The van der Waals surface area contributed by atoms with Gasteiger partial charge in [-0.3, -0.25) is 4.90 Å². The van der Waals surface area contributed by atoms with E-state index in [1.54, 1.807) is 11.9 Å². The van der Waals surface area contributed by atoms with E-state index in [2.05, 4.69) is 10.1 Å². The van der Waals surface area contributed by atoms with Gasteiger partial charge < -0.3 is 10.1 Å². The van der Waals surface area contributed by atoms with E-state index in [9.17, 15) is 4.79 Å². The molecule has 1 N–H and O–H groups in total. The lowest BCUT2D eigenvalue weighted by Gasteiger charge is -2.09. The summed E-state index contributed by atoms with van der Waals surface area (Å²) >= 11 is 0. The van der Waals surface area contributed by atoms with Gasteiger partial charge in [-0.05, 0) is 7.05 Å². The number of rotatable bonds is 2. The minimum atomic E-state index is -0.218. The molecule has 4 nitrogen and oxygen atoms in total. The van der Waals surface area contributed by atoms with Crippen molar-refractivity contribution in [1.82, 2.24) is 10.2 Å². The standard InChI is InChI=1S/C5H10N2O2/c1-6-4-7-2-3-9-5(7)8/h6H,2-4H2,1H3. The lowest BCUT2D eigenvalue weighted by atomic mass is 10.6. The third kappa shape index (κ3) is 1.32. The molecule has 0 bridgehead atoms. The van der Waals surface area contributed by atoms with Gasteiger partial charge in [0, 0.05) is 0 Å². The van der Waals surface area contributed by atoms with Crippen molar-refractivity contribution >= 4 is 6.09 Å². The Morgan fingerprint density at radius 1 is 1.89 bits per heavy atom. The normalized spacial score (nSPS) is 18.3. The van der Waals surface area contributed by atoms with Crippen LogP contribution in [-0.4, -0.2) is 37.9 Å². The molecule has 4 heteroatoms. The van der Waals surface area contributed by atoms with Crippen LogP contribution in [0.1, 0.15) is 0 Å². The van der Waals surface area contributed by atoms with Crippen molar-refractivity contribution in [3.8, 4) is 0 Å². The first-order valence-electron chi connectivity index (χ1n) is 2.91. The molecule has 0 radical (unpaired) electrons. The second-order valence-corrected chi connectivity index (χ2v) is 1.89. The Morgan fingerprint density at radius 2 is 2.67 bits per heavy atom. The fourth-order valence-corrected chi connectivity index (χ4v) is 0.760. The quantitative estimate of drug-likeness (QED) is 0.553. The Morgan fingerprint density at radius 3 is 3.11 bits per heavy atom. The van der Waals surface area contributed by atoms with Crippen LogP contribution in [0, 0.1) is 0 Å². The van der Waals surface area contributed by atoms with Crippen LogP contribution in [0.4, 0.5) is 4.79 Å². The zero-order valence-corrected chi connectivity index (χ0v) is 5.39. The Bertz CT molecular complexity index is 116. The fourth-order valence-electron chi connectivity index (χ4n) is 0.760. The summed E-state index contributed by atoms with van der Waals surface area (Å²) in [6.07, 6.45) is -0.218. The van der Waals surface area contributed by atoms with Crippen molar-refractivity contribution < 1.29 is 9.53 Å². The van der Waals surface area contributed by atoms with E-state index in [0.717, 1.165) is 0 Å². The summed E-state index contributed by atoms with van der Waals surface area (Å²) in [5, 5.41) is 2.87. The first-order valence-corrected chi connectivity index (χ1v) is 2.91. The molecule has 1 aliphatic rings. The van der Waals surface area contributed by atoms with Gasteiger partial charge in [0.05, 0.1) is 13.2 Å². The van der Waals surface area contributed by atoms with Crippen molar-refractivity contribution in [2.45, 2.75) is 0 Å². The molecule has 0 unspecified atom stereocenters. The Hall–Kier alpha value is -0.770. The number of nitrogens with zero attached hydrogens (tertiary/aromatic N) is 1. The molecule has 0 aliphatic carbocycles. The zero-order valence-electron chi connectivity index (χ0n) is 5.39. The maximum absolute atomic E-state index is 10.6. The highest BCUT2D eigenvalue weighted by Crippen LogP contribution is 1.99. The molecule has 1 heterocycles. The highest BCUT2D eigenvalue weighted by molar-refractivity contribution is 5.69. The van der Waals surface area contributed by atoms with Gasteiger partial charge in [0.2, 0.25) is 0 Å². The van der Waals surface area contributed by atoms with E-state index in [-0.39, 0.29) is 6.09 Å². The summed E-state index contributed by atoms with van der Waals surface area (Å²) in [7, 11) is 1.80. The van der Waals surface area contributed by atoms with Crippen LogP contribution in [0.15, 0.2) is 0 Å². The number of hydrogen-bond donors (Lipinski definition) is 1. The lowest BCUT2D eigenvalue weighted by molar-refractivity contribution is 0.157. The topological polar surface area (TPSA) is 41.6 Å². The van der Waals surface area contributed by atoms with Gasteiger partial charge in [-0.25, -0.2) is 4.79 Å². The third-order valence-corrected chi connectivity index (χ3v) is 1.19. The summed E-state index contributed by atoms with van der Waals surface area (Å²) in [5.41, 5.74) is 0. The molecule has 1 aliphatic heterocycles. The average Bonchev–Trinajstić information content (AvgIpc) is 2.18. The van der Waals surface area contributed by atoms with Gasteiger partial charge >= 0.3 is 6.09 Å². The monoisotopic (exact) mass is 130 g/mol. The number of nitrogens with one attached hydrogen (secondary N) is 1. The highest BCUT2D eigenvalue weighted by atomic mass is 16.6. The third-order valence-electron chi connectivity index (χ3n) is 1.19. The molecular formula is C5H10N2O2. The molecule has 52 valence electrons. The maximum atomic E-state index is 10.6. The van der Waals surface area contributed by atoms with E-state index in [1.807, 2.05) is 0 Å². The van der Waals surface area contributed by atoms with E-state index >= 15 is 0 Å². The van der Waals surface area contributed by atoms with Gasteiger partial charge in [-0.15, -0.1) is 0 Å². The number of hydrogen-bond acceptors (Lipinski definition) is 3. The van der Waals surface area contributed by atoms with Crippen LogP contribution in [0.2, 0.25) is 0 Å². The van der Waals surface area contributed by atoms with Crippen molar-refractivity contribution in [3.05, 3.63) is 0 Å². The second-order valence-electron chi connectivity index (χ2n) is 1.89. The van der Waals surface area contributed by atoms with Crippen molar-refractivity contribution in [2.75, 3.05) is 26.9 Å². The lowest BCUT2D eigenvalue weighted by Crippen LogP contribution is -2.32. The smallest absolute Gasteiger partial charge is 0.410 e. The molecular weight excluding hydrogens is 120 g/mol. The molecule has 0 aromatic carbocycles. The molecule has 0 spiro atoms. The molecule has 1 fully saturated rings. The van der Waals surface area contributed by atoms with Crippen LogP contribution < -0.4 is 5.32 Å². The van der Waals surface area contributed by atoms with Crippen LogP contribution in [0.5, 0.6) is 0 Å². The Kier molecular flexibility index (Phi) is 1.89. The minimum Gasteiger partial charge on any atom is -0.447 e. The number of ether oxygens (including phenoxy) is 1. The first kappa shape index (κ1) is 6.35. The SMILES string of the molecule is CNCN1CCOC1=O. The molecule has 0 saturated carbocycles. The van der Waals surface area contributed by atoms with E-state index in [1.165, 1.54) is 0 Å². The predicted octanol–water partition coefficient (Wildman–Crippen LogP) is -0.385. The minimum absolute atomic E-state index is 0.218. The van der Waals surface area contributed by atoms with Gasteiger partial charge in [0.1, 0.15) is 6.61 Å². The maximum Gasteiger partial charge on any atom is 0.410 e. The van der Waals surface area contributed by atoms with Crippen LogP contribution in [-0.2, 0) is 4.74 Å². The van der Waals surface area contributed by atoms with Gasteiger partial charge in [0.25, 0.3) is 0 Å². The Labute approximate surface area is 53.8 Å². The summed E-state index contributed by atoms with van der Waals surface area (Å²) in [4.78, 5) is 12.2. The number of amides is 1. The number of carbonyl (C=O) groups excluding carboxylic acids is 1. The van der Waals surface area contributed by atoms with Crippen LogP contribution >= 0.6 is 0 Å². The average molecular weight is 130 g/mol. The van der Waals surface area contributed by atoms with Gasteiger partial charge in [0.15, 0.2) is 0 Å². The summed E-state index contributed by atoms with van der Waals surface area (Å²) < 4.78 is 4.66. The van der Waals surface area contributed by atoms with Gasteiger partial charge in [-0.2, -0.15) is 0 Å². The molecule has 1 saturated heterocycles. The van der Waals surface area contributed by atoms with E-state index < -0.39 is 0 Å². The number of cyclic esters (lactones) is 1. The highest BCUT2D eigenvalue weighted by Gasteiger charge is 2.19. The van der Waals surface area contributed by atoms with Crippen molar-refractivity contribution in [3.63, 3.8) is 0 Å². The first-order chi connectivity index (χ1) is 4.34. The zero-order chi connectivity index (χ0) is 6.69. The largest absolute Gasteiger partial charge is 0.447 e. The predicted molar refractivity (Wildman–Crippen MR) is 32.0 cm³/mol. The molecule has 9 heavy (non-hydrogen) atoms. The molecule has 1 rings (SSSR count). The molecule has 0 aromatic heterocycles. The number of carbonyl (C=O) groups is 1. The molecule has 1 amide bonds. The fraction of sp³-hybridized carbons (Fsp3) is 0.800. The summed E-state index contributed by atoms with van der Waals surface area (Å²) in [6, 6.07) is 0. The van der Waals surface area contributed by atoms with E-state index in [4.69, 9.17) is 0 Å². The van der Waals surface area contributed by atoms with Crippen LogP contribution in [0.25, 0.3) is 0 Å². The van der Waals surface area contributed by atoms with Crippen LogP contribution in [0.3, 0.4) is 0 Å². The molecule has 0 aromatic rings. The summed E-state index contributed by atoms with van der Waals surface area (Å²) in [5.74, 6) is 0. The van der Waals surface area contributed by atoms with Gasteiger partial charge in [-0.1, -0.05) is 0 Å². The van der Waals surface area contributed by atoms with Crippen molar-refractivity contribution in [2.24, 2.45) is 0 Å². The Balaban J connectivity index is 2.31. The van der Waals surface area contributed by atoms with Crippen molar-refractivity contribution in [1.29, 1.82) is 0 Å². The molecule has 0 atom stereocenters.